The molecular weight excluding hydrogens is 326 g/mol. The molecule has 0 spiro atoms. The minimum atomic E-state index is -5.33. The largest absolute Gasteiger partial charge is 0.363 e. The molecule has 0 saturated carbocycles. The smallest absolute Gasteiger partial charge is 0.322 e. The first-order valence-electron chi connectivity index (χ1n) is 5.50. The van der Waals surface area contributed by atoms with Crippen molar-refractivity contribution in [2.24, 2.45) is 5.73 Å². The van der Waals surface area contributed by atoms with E-state index in [1.165, 1.54) is 12.3 Å². The summed E-state index contributed by atoms with van der Waals surface area (Å²) in [5.41, 5.74) is 5.53. The summed E-state index contributed by atoms with van der Waals surface area (Å²) < 4.78 is 22.8. The Labute approximate surface area is 121 Å². The van der Waals surface area contributed by atoms with E-state index in [4.69, 9.17) is 5.73 Å². The van der Waals surface area contributed by atoms with Crippen molar-refractivity contribution in [2.75, 3.05) is 5.75 Å². The Morgan fingerprint density at radius 1 is 1.20 bits per heavy atom. The van der Waals surface area contributed by atoms with Gasteiger partial charge in [0.05, 0.1) is 5.69 Å². The predicted octanol–water partition coefficient (Wildman–Crippen LogP) is 0.368. The summed E-state index contributed by atoms with van der Waals surface area (Å²) >= 11 is 4.05. The molecule has 20 heavy (non-hydrogen) atoms. The number of aryl methyl sites for hydroxylation is 1. The fourth-order valence-electron chi connectivity index (χ4n) is 1.54. The van der Waals surface area contributed by atoms with Crippen LogP contribution in [0.1, 0.15) is 17.7 Å². The molecule has 0 aliphatic carbocycles. The molecular formula is C9H16N2O6P2S. The zero-order valence-electron chi connectivity index (χ0n) is 10.3. The van der Waals surface area contributed by atoms with Gasteiger partial charge in [-0.05, 0) is 30.2 Å². The molecule has 0 bridgehead atoms. The van der Waals surface area contributed by atoms with Crippen LogP contribution < -0.4 is 5.73 Å². The quantitative estimate of drug-likeness (QED) is 0.320. The Hall–Kier alpha value is -0.240. The second kappa shape index (κ2) is 6.25. The number of aromatic nitrogens is 1. The molecule has 1 rings (SSSR count). The van der Waals surface area contributed by atoms with E-state index in [2.05, 4.69) is 17.6 Å². The van der Waals surface area contributed by atoms with Gasteiger partial charge in [-0.2, -0.15) is 12.6 Å². The summed E-state index contributed by atoms with van der Waals surface area (Å²) in [6, 6.07) is 2.59. The Morgan fingerprint density at radius 3 is 2.10 bits per heavy atom. The number of hydrogen-bond donors (Lipinski definition) is 6. The van der Waals surface area contributed by atoms with Crippen molar-refractivity contribution in [1.29, 1.82) is 0 Å². The normalized spacial score (nSPS) is 13.5. The summed E-state index contributed by atoms with van der Waals surface area (Å²) in [7, 11) is -10.7. The van der Waals surface area contributed by atoms with E-state index in [1.54, 1.807) is 0 Å². The Bertz CT molecular complexity index is 532. The van der Waals surface area contributed by atoms with Gasteiger partial charge in [0.15, 0.2) is 0 Å². The maximum absolute atomic E-state index is 11.4. The Morgan fingerprint density at radius 2 is 1.75 bits per heavy atom. The van der Waals surface area contributed by atoms with Crippen LogP contribution in [0.4, 0.5) is 0 Å². The van der Waals surface area contributed by atoms with E-state index in [-0.39, 0.29) is 0 Å². The maximum Gasteiger partial charge on any atom is 0.363 e. The zero-order chi connectivity index (χ0) is 15.6. The fourth-order valence-corrected chi connectivity index (χ4v) is 3.92. The van der Waals surface area contributed by atoms with Crippen molar-refractivity contribution >= 4 is 27.8 Å². The molecule has 0 radical (unpaired) electrons. The minimum absolute atomic E-state index is 0.547. The molecule has 1 aromatic rings. The molecule has 8 nitrogen and oxygen atoms in total. The molecule has 0 aromatic carbocycles. The first-order valence-corrected chi connectivity index (χ1v) is 9.36. The van der Waals surface area contributed by atoms with E-state index >= 15 is 0 Å². The van der Waals surface area contributed by atoms with Crippen LogP contribution >= 0.6 is 27.8 Å². The van der Waals surface area contributed by atoms with Crippen LogP contribution in [0.3, 0.4) is 0 Å². The van der Waals surface area contributed by atoms with Crippen LogP contribution in [0.15, 0.2) is 18.3 Å². The van der Waals surface area contributed by atoms with E-state index in [1.807, 2.05) is 0 Å². The Balaban J connectivity index is 3.25. The molecule has 0 fully saturated rings. The second-order valence-corrected chi connectivity index (χ2v) is 8.58. The summed E-state index contributed by atoms with van der Waals surface area (Å²) in [6.07, 6.45) is 2.70. The van der Waals surface area contributed by atoms with Crippen molar-refractivity contribution in [1.82, 2.24) is 4.98 Å². The van der Waals surface area contributed by atoms with Gasteiger partial charge >= 0.3 is 15.2 Å². The van der Waals surface area contributed by atoms with Gasteiger partial charge in [0.2, 0.25) is 0 Å². The monoisotopic (exact) mass is 342 g/mol. The van der Waals surface area contributed by atoms with Crippen molar-refractivity contribution in [3.8, 4) is 0 Å². The molecule has 1 heterocycles. The SMILES string of the molecule is NC(c1ccc(CCCS)cn1)(P(=O)(O)O)P(=O)(O)O. The molecule has 11 heteroatoms. The van der Waals surface area contributed by atoms with Crippen LogP contribution in [0.5, 0.6) is 0 Å². The van der Waals surface area contributed by atoms with E-state index in [9.17, 15) is 28.7 Å². The lowest BCUT2D eigenvalue weighted by molar-refractivity contribution is 0.308. The lowest BCUT2D eigenvalue weighted by Gasteiger charge is -2.29. The molecule has 0 atom stereocenters. The molecule has 0 saturated heterocycles. The van der Waals surface area contributed by atoms with E-state index in [0.717, 1.165) is 18.1 Å². The fraction of sp³-hybridized carbons (Fsp3) is 0.444. The summed E-state index contributed by atoms with van der Waals surface area (Å²) in [6.45, 7) is 0. The van der Waals surface area contributed by atoms with Gasteiger partial charge in [-0.25, -0.2) is 0 Å². The van der Waals surface area contributed by atoms with Crippen molar-refractivity contribution in [2.45, 2.75) is 17.9 Å². The lowest BCUT2D eigenvalue weighted by Crippen LogP contribution is -2.37. The third kappa shape index (κ3) is 3.50. The number of thiol groups is 1. The highest BCUT2D eigenvalue weighted by atomic mass is 32.1. The van der Waals surface area contributed by atoms with Gasteiger partial charge in [0, 0.05) is 6.20 Å². The van der Waals surface area contributed by atoms with Gasteiger partial charge in [0.25, 0.3) is 5.02 Å². The average molecular weight is 342 g/mol. The van der Waals surface area contributed by atoms with Crippen LogP contribution in [0.25, 0.3) is 0 Å². The molecule has 0 unspecified atom stereocenters. The van der Waals surface area contributed by atoms with Gasteiger partial charge in [0.1, 0.15) is 0 Å². The van der Waals surface area contributed by atoms with Gasteiger partial charge in [-0.1, -0.05) is 6.07 Å². The number of pyridine rings is 1. The van der Waals surface area contributed by atoms with E-state index in [0.29, 0.717) is 12.2 Å². The summed E-state index contributed by atoms with van der Waals surface area (Å²) in [4.78, 5) is 40.4. The van der Waals surface area contributed by atoms with E-state index < -0.39 is 25.9 Å². The van der Waals surface area contributed by atoms with Crippen LogP contribution in [-0.2, 0) is 20.6 Å². The molecule has 114 valence electrons. The van der Waals surface area contributed by atoms with Gasteiger partial charge in [-0.3, -0.25) is 19.8 Å². The minimum Gasteiger partial charge on any atom is -0.322 e. The highest BCUT2D eigenvalue weighted by molar-refractivity contribution is 7.80. The van der Waals surface area contributed by atoms with Gasteiger partial charge < -0.3 is 19.6 Å². The number of hydrogen-bond acceptors (Lipinski definition) is 5. The molecule has 0 aliphatic rings. The average Bonchev–Trinajstić information content (AvgIpc) is 2.33. The number of rotatable bonds is 6. The van der Waals surface area contributed by atoms with Crippen molar-refractivity contribution in [3.63, 3.8) is 0 Å². The molecule has 1 aromatic heterocycles. The maximum atomic E-state index is 11.4. The Kier molecular flexibility index (Phi) is 5.57. The molecule has 6 N–H and O–H groups in total. The van der Waals surface area contributed by atoms with Crippen molar-refractivity contribution < 1.29 is 28.7 Å². The topological polar surface area (TPSA) is 154 Å². The first-order chi connectivity index (χ1) is 9.04. The van der Waals surface area contributed by atoms with Crippen LogP contribution in [0, 0.1) is 0 Å². The lowest BCUT2D eigenvalue weighted by atomic mass is 10.1. The molecule has 0 aliphatic heterocycles. The third-order valence-corrected chi connectivity index (χ3v) is 6.83. The summed E-state index contributed by atoms with van der Waals surface area (Å²) in [5, 5.41) is -3.14. The summed E-state index contributed by atoms with van der Waals surface area (Å²) in [5.74, 6) is 0.660. The third-order valence-electron chi connectivity index (χ3n) is 2.71. The number of nitrogens with two attached hydrogens (primary N) is 1. The van der Waals surface area contributed by atoms with Crippen LogP contribution in [0.2, 0.25) is 0 Å². The second-order valence-electron chi connectivity index (χ2n) is 4.19. The van der Waals surface area contributed by atoms with Crippen LogP contribution in [-0.4, -0.2) is 30.3 Å². The molecule has 0 amide bonds. The highest BCUT2D eigenvalue weighted by Gasteiger charge is 2.60. The van der Waals surface area contributed by atoms with Gasteiger partial charge in [-0.15, -0.1) is 0 Å². The predicted molar refractivity (Wildman–Crippen MR) is 76.4 cm³/mol. The first kappa shape index (κ1) is 17.8. The van der Waals surface area contributed by atoms with Crippen molar-refractivity contribution in [3.05, 3.63) is 29.6 Å². The zero-order valence-corrected chi connectivity index (χ0v) is 13.0. The number of nitrogens with zero attached hydrogens (tertiary/aromatic N) is 1. The highest BCUT2D eigenvalue weighted by Crippen LogP contribution is 2.70. The standard InChI is InChI=1S/C9H16N2O6P2S/c10-9(18(12,13)14,19(15,16)17)8-4-3-7(6-11-8)2-1-5-20/h3-4,6,20H,1-2,5,10H2,(H2,12,13,14)(H2,15,16,17).